The Labute approximate surface area is 178 Å². The molecule has 2 aromatic carbocycles. The van der Waals surface area contributed by atoms with Crippen LogP contribution in [-0.2, 0) is 16.1 Å². The fraction of sp³-hybridized carbons (Fsp3) is 0.458. The molecule has 0 unspecified atom stereocenters. The van der Waals surface area contributed by atoms with Gasteiger partial charge in [-0.3, -0.25) is 4.90 Å². The number of hydrogen-bond donors (Lipinski definition) is 1. The number of halogens is 1. The molecule has 1 heterocycles. The number of aliphatic hydroxyl groups is 1. The fourth-order valence-corrected chi connectivity index (χ4v) is 3.41. The highest BCUT2D eigenvalue weighted by atomic mass is 19.1. The number of rotatable bonds is 9. The Balaban J connectivity index is 1.62. The van der Waals surface area contributed by atoms with Crippen LogP contribution in [0, 0.1) is 5.82 Å². The molecule has 0 saturated heterocycles. The van der Waals surface area contributed by atoms with E-state index in [9.17, 15) is 9.50 Å². The monoisotopic (exact) mass is 414 g/mol. The molecular formula is C24H31FN2O3. The van der Waals surface area contributed by atoms with Gasteiger partial charge in [0.05, 0.1) is 24.0 Å². The van der Waals surface area contributed by atoms with Crippen LogP contribution in [0.15, 0.2) is 59.8 Å². The summed E-state index contributed by atoms with van der Waals surface area (Å²) in [5.74, 6) is -0.268. The van der Waals surface area contributed by atoms with Crippen LogP contribution in [0.4, 0.5) is 4.39 Å². The van der Waals surface area contributed by atoms with Crippen molar-refractivity contribution >= 4 is 5.71 Å². The Bertz CT molecular complexity index is 836. The van der Waals surface area contributed by atoms with E-state index in [2.05, 4.69) is 10.1 Å². The van der Waals surface area contributed by atoms with Crippen molar-refractivity contribution in [3.63, 3.8) is 0 Å². The van der Waals surface area contributed by atoms with Crippen molar-refractivity contribution in [3.05, 3.63) is 71.5 Å². The van der Waals surface area contributed by atoms with Crippen LogP contribution in [0.25, 0.3) is 0 Å². The molecule has 1 N–H and O–H groups in total. The summed E-state index contributed by atoms with van der Waals surface area (Å²) in [4.78, 5) is 7.74. The van der Waals surface area contributed by atoms with Gasteiger partial charge in [0.1, 0.15) is 11.9 Å². The first-order valence-electron chi connectivity index (χ1n) is 10.4. The second-order valence-electron chi connectivity index (χ2n) is 8.74. The molecule has 3 rings (SSSR count). The van der Waals surface area contributed by atoms with Gasteiger partial charge in [-0.1, -0.05) is 47.6 Å². The molecule has 2 aromatic rings. The molecule has 0 radical (unpaired) electrons. The molecule has 30 heavy (non-hydrogen) atoms. The molecule has 5 nitrogen and oxygen atoms in total. The van der Waals surface area contributed by atoms with Crippen LogP contribution in [0.1, 0.15) is 38.3 Å². The topological polar surface area (TPSA) is 54.3 Å². The number of hydrogen-bond acceptors (Lipinski definition) is 5. The number of aliphatic hydroxyl groups excluding tert-OH is 1. The summed E-state index contributed by atoms with van der Waals surface area (Å²) in [5.41, 5.74) is 2.50. The van der Waals surface area contributed by atoms with Gasteiger partial charge in [-0.05, 0) is 44.0 Å². The SMILES string of the molecule is CC(C)(C)OC[C@@H](O)CN(Cc1cccc(F)c1)C[C@H]1CC(c2ccccc2)=NO1. The van der Waals surface area contributed by atoms with E-state index in [1.807, 2.05) is 57.2 Å². The molecule has 0 aliphatic carbocycles. The first-order valence-corrected chi connectivity index (χ1v) is 10.4. The third kappa shape index (κ3) is 7.20. The quantitative estimate of drug-likeness (QED) is 0.674. The summed E-state index contributed by atoms with van der Waals surface area (Å²) >= 11 is 0. The van der Waals surface area contributed by atoms with E-state index in [-0.39, 0.29) is 24.1 Å². The van der Waals surface area contributed by atoms with Gasteiger partial charge in [-0.2, -0.15) is 0 Å². The first kappa shape index (κ1) is 22.4. The molecule has 1 aliphatic rings. The van der Waals surface area contributed by atoms with E-state index in [4.69, 9.17) is 9.57 Å². The maximum absolute atomic E-state index is 13.6. The smallest absolute Gasteiger partial charge is 0.145 e. The van der Waals surface area contributed by atoms with Crippen molar-refractivity contribution in [3.8, 4) is 0 Å². The van der Waals surface area contributed by atoms with Crippen LogP contribution < -0.4 is 0 Å². The van der Waals surface area contributed by atoms with E-state index >= 15 is 0 Å². The van der Waals surface area contributed by atoms with E-state index < -0.39 is 6.10 Å². The van der Waals surface area contributed by atoms with Crippen molar-refractivity contribution < 1.29 is 19.1 Å². The molecule has 1 aliphatic heterocycles. The zero-order valence-electron chi connectivity index (χ0n) is 17.9. The van der Waals surface area contributed by atoms with Gasteiger partial charge in [-0.15, -0.1) is 0 Å². The molecule has 0 amide bonds. The summed E-state index contributed by atoms with van der Waals surface area (Å²) in [6, 6.07) is 16.5. The third-order valence-corrected chi connectivity index (χ3v) is 4.77. The molecule has 0 fully saturated rings. The minimum atomic E-state index is -0.659. The third-order valence-electron chi connectivity index (χ3n) is 4.77. The van der Waals surface area contributed by atoms with Crippen LogP contribution in [0.5, 0.6) is 0 Å². The minimum Gasteiger partial charge on any atom is -0.390 e. The fourth-order valence-electron chi connectivity index (χ4n) is 3.41. The predicted octanol–water partition coefficient (Wildman–Crippen LogP) is 4.00. The van der Waals surface area contributed by atoms with Gasteiger partial charge in [0, 0.05) is 26.1 Å². The first-order chi connectivity index (χ1) is 14.3. The maximum Gasteiger partial charge on any atom is 0.145 e. The Morgan fingerprint density at radius 2 is 1.97 bits per heavy atom. The van der Waals surface area contributed by atoms with Crippen molar-refractivity contribution in [2.24, 2.45) is 5.16 Å². The Hall–Kier alpha value is -2.28. The van der Waals surface area contributed by atoms with E-state index in [1.54, 1.807) is 6.07 Å². The van der Waals surface area contributed by atoms with Gasteiger partial charge in [0.25, 0.3) is 0 Å². The van der Waals surface area contributed by atoms with Gasteiger partial charge in [0.2, 0.25) is 0 Å². The molecule has 6 heteroatoms. The van der Waals surface area contributed by atoms with Crippen molar-refractivity contribution in [2.75, 3.05) is 19.7 Å². The summed E-state index contributed by atoms with van der Waals surface area (Å²) < 4.78 is 19.4. The zero-order valence-corrected chi connectivity index (χ0v) is 17.9. The summed E-state index contributed by atoms with van der Waals surface area (Å²) in [6.07, 6.45) is -0.0867. The lowest BCUT2D eigenvalue weighted by Gasteiger charge is -2.28. The average Bonchev–Trinajstić information content (AvgIpc) is 3.15. The number of nitrogens with zero attached hydrogens (tertiary/aromatic N) is 2. The second kappa shape index (κ2) is 10.2. The van der Waals surface area contributed by atoms with Crippen molar-refractivity contribution in [1.29, 1.82) is 0 Å². The molecule has 0 bridgehead atoms. The highest BCUT2D eigenvalue weighted by molar-refractivity contribution is 6.01. The lowest BCUT2D eigenvalue weighted by molar-refractivity contribution is -0.0600. The van der Waals surface area contributed by atoms with Gasteiger partial charge >= 0.3 is 0 Å². The van der Waals surface area contributed by atoms with E-state index in [0.29, 0.717) is 26.1 Å². The standard InChI is InChI=1S/C24H31FN2O3/c1-24(2,3)29-17-21(28)15-27(14-18-8-7-11-20(25)12-18)16-22-13-23(26-30-22)19-9-5-4-6-10-19/h4-12,21-22,28H,13-17H2,1-3H3/t21-,22+/m0/s1. The normalized spacial score (nSPS) is 17.7. The Morgan fingerprint density at radius 3 is 2.67 bits per heavy atom. The maximum atomic E-state index is 13.6. The lowest BCUT2D eigenvalue weighted by atomic mass is 10.0. The number of benzene rings is 2. The Kier molecular flexibility index (Phi) is 7.58. The van der Waals surface area contributed by atoms with E-state index in [0.717, 1.165) is 16.8 Å². The summed E-state index contributed by atoms with van der Waals surface area (Å²) in [5, 5.41) is 14.8. The summed E-state index contributed by atoms with van der Waals surface area (Å²) in [6.45, 7) is 7.58. The lowest BCUT2D eigenvalue weighted by Crippen LogP contribution is -2.40. The molecule has 162 valence electrons. The molecule has 0 spiro atoms. The Morgan fingerprint density at radius 1 is 1.20 bits per heavy atom. The minimum absolute atomic E-state index is 0.121. The highest BCUT2D eigenvalue weighted by Crippen LogP contribution is 2.19. The van der Waals surface area contributed by atoms with Crippen LogP contribution in [-0.4, -0.2) is 53.2 Å². The predicted molar refractivity (Wildman–Crippen MR) is 116 cm³/mol. The summed E-state index contributed by atoms with van der Waals surface area (Å²) in [7, 11) is 0. The van der Waals surface area contributed by atoms with Crippen LogP contribution >= 0.6 is 0 Å². The molecular weight excluding hydrogens is 383 g/mol. The van der Waals surface area contributed by atoms with Crippen molar-refractivity contribution in [2.45, 2.75) is 51.5 Å². The largest absolute Gasteiger partial charge is 0.390 e. The van der Waals surface area contributed by atoms with Crippen molar-refractivity contribution in [1.82, 2.24) is 4.90 Å². The number of oxime groups is 1. The zero-order chi connectivity index (χ0) is 21.6. The van der Waals surface area contributed by atoms with Crippen LogP contribution in [0.2, 0.25) is 0 Å². The highest BCUT2D eigenvalue weighted by Gasteiger charge is 2.26. The number of ether oxygens (including phenoxy) is 1. The average molecular weight is 415 g/mol. The van der Waals surface area contributed by atoms with E-state index in [1.165, 1.54) is 12.1 Å². The van der Waals surface area contributed by atoms with Gasteiger partial charge in [0.15, 0.2) is 0 Å². The molecule has 0 saturated carbocycles. The van der Waals surface area contributed by atoms with Gasteiger partial charge in [-0.25, -0.2) is 4.39 Å². The molecule has 0 aromatic heterocycles. The van der Waals surface area contributed by atoms with Crippen LogP contribution in [0.3, 0.4) is 0 Å². The molecule has 2 atom stereocenters. The van der Waals surface area contributed by atoms with Gasteiger partial charge < -0.3 is 14.7 Å². The second-order valence-corrected chi connectivity index (χ2v) is 8.74.